The number of aliphatic carboxylic acids is 1. The number of thiophene rings is 1. The quantitative estimate of drug-likeness (QED) is 0.333. The van der Waals surface area contributed by atoms with Gasteiger partial charge in [-0.2, -0.15) is 13.2 Å². The molecule has 10 heteroatoms. The Labute approximate surface area is 220 Å². The van der Waals surface area contributed by atoms with Crippen LogP contribution < -0.4 is 9.47 Å². The number of halogens is 4. The highest BCUT2D eigenvalue weighted by Crippen LogP contribution is 2.43. The van der Waals surface area contributed by atoms with Gasteiger partial charge in [0.1, 0.15) is 35.4 Å². The minimum atomic E-state index is -4.51. The molecule has 2 aliphatic rings. The standard InChI is InChI=1S/C28H25F4NO4S/c1-27(26(34)35)7-8-33(16-27)13-17-9-22-23(29)10-19(11-24(22)37-14-17)36-15-20-12-21(18-5-3-2-4-6-18)25(38-20)28(30,31)32/h2-6,9-12H,7-8,13-16H2,1H3,(H,34,35). The zero-order chi connectivity index (χ0) is 27.1. The molecular formula is C28H25F4NO4S. The second kappa shape index (κ2) is 10.1. The Morgan fingerprint density at radius 3 is 2.66 bits per heavy atom. The molecule has 1 saturated heterocycles. The SMILES string of the molecule is CC1(C(=O)O)CCN(CC2=Cc3c(F)cc(OCc4cc(-c5ccccc5)c(C(F)(F)F)s4)cc3OC2)C1. The van der Waals surface area contributed by atoms with Gasteiger partial charge < -0.3 is 14.6 Å². The van der Waals surface area contributed by atoms with Gasteiger partial charge >= 0.3 is 12.1 Å². The van der Waals surface area contributed by atoms with Crippen LogP contribution in [-0.4, -0.2) is 42.2 Å². The zero-order valence-electron chi connectivity index (χ0n) is 20.5. The highest BCUT2D eigenvalue weighted by atomic mass is 32.1. The van der Waals surface area contributed by atoms with Gasteiger partial charge in [0, 0.05) is 35.7 Å². The van der Waals surface area contributed by atoms with E-state index < -0.39 is 28.3 Å². The van der Waals surface area contributed by atoms with E-state index in [2.05, 4.69) is 0 Å². The molecule has 3 aromatic rings. The van der Waals surface area contributed by atoms with Crippen LogP contribution in [0.3, 0.4) is 0 Å². The Bertz CT molecular complexity index is 1390. The molecule has 1 N–H and O–H groups in total. The summed E-state index contributed by atoms with van der Waals surface area (Å²) in [6.07, 6.45) is -2.26. The summed E-state index contributed by atoms with van der Waals surface area (Å²) in [5, 5.41) is 9.43. The number of carboxylic acids is 1. The average molecular weight is 548 g/mol. The number of likely N-dealkylation sites (tertiary alicyclic amines) is 1. The molecule has 3 heterocycles. The van der Waals surface area contributed by atoms with Crippen LogP contribution in [0, 0.1) is 11.2 Å². The number of carbonyl (C=O) groups is 1. The molecule has 200 valence electrons. The maximum absolute atomic E-state index is 15.0. The molecule has 2 aliphatic heterocycles. The number of nitrogens with zero attached hydrogens (tertiary/aromatic N) is 1. The summed E-state index contributed by atoms with van der Waals surface area (Å²) in [5.74, 6) is -0.962. The lowest BCUT2D eigenvalue weighted by atomic mass is 9.90. The summed E-state index contributed by atoms with van der Waals surface area (Å²) in [7, 11) is 0. The predicted octanol–water partition coefficient (Wildman–Crippen LogP) is 6.72. The molecule has 0 aliphatic carbocycles. The number of carboxylic acid groups (broad SMARTS) is 1. The monoisotopic (exact) mass is 547 g/mol. The van der Waals surface area contributed by atoms with Crippen LogP contribution in [0.4, 0.5) is 17.6 Å². The maximum Gasteiger partial charge on any atom is 0.426 e. The van der Waals surface area contributed by atoms with Gasteiger partial charge in [0.15, 0.2) is 0 Å². The Balaban J connectivity index is 1.29. The Hall–Kier alpha value is -3.37. The Kier molecular flexibility index (Phi) is 6.96. The highest BCUT2D eigenvalue weighted by Gasteiger charge is 2.40. The van der Waals surface area contributed by atoms with Gasteiger partial charge in [-0.3, -0.25) is 9.69 Å². The number of benzene rings is 2. The molecule has 0 spiro atoms. The van der Waals surface area contributed by atoms with Gasteiger partial charge in [-0.1, -0.05) is 30.3 Å². The van der Waals surface area contributed by atoms with Crippen LogP contribution in [0.5, 0.6) is 11.5 Å². The molecule has 5 rings (SSSR count). The topological polar surface area (TPSA) is 59.0 Å². The lowest BCUT2D eigenvalue weighted by Crippen LogP contribution is -2.33. The van der Waals surface area contributed by atoms with Crippen LogP contribution in [0.2, 0.25) is 0 Å². The van der Waals surface area contributed by atoms with Crippen molar-refractivity contribution in [1.29, 1.82) is 0 Å². The third-order valence-corrected chi connectivity index (χ3v) is 7.98. The van der Waals surface area contributed by atoms with Crippen LogP contribution in [0.1, 0.15) is 28.7 Å². The highest BCUT2D eigenvalue weighted by molar-refractivity contribution is 7.12. The van der Waals surface area contributed by atoms with Crippen molar-refractivity contribution in [3.63, 3.8) is 0 Å². The third-order valence-electron chi connectivity index (χ3n) is 6.83. The molecule has 1 aromatic heterocycles. The smallest absolute Gasteiger partial charge is 0.426 e. The van der Waals surface area contributed by atoms with Crippen molar-refractivity contribution in [2.24, 2.45) is 5.41 Å². The molecule has 1 atom stereocenters. The molecule has 1 unspecified atom stereocenters. The van der Waals surface area contributed by atoms with E-state index in [1.165, 1.54) is 18.2 Å². The second-order valence-corrected chi connectivity index (χ2v) is 11.0. The minimum absolute atomic E-state index is 0.0843. The Morgan fingerprint density at radius 1 is 1.21 bits per heavy atom. The number of rotatable bonds is 7. The fourth-order valence-corrected chi connectivity index (χ4v) is 5.74. The number of alkyl halides is 3. The van der Waals surface area contributed by atoms with E-state index in [0.29, 0.717) is 47.8 Å². The van der Waals surface area contributed by atoms with E-state index in [-0.39, 0.29) is 35.8 Å². The summed E-state index contributed by atoms with van der Waals surface area (Å²) >= 11 is 0.604. The first-order valence-electron chi connectivity index (χ1n) is 12.0. The Morgan fingerprint density at radius 2 is 1.97 bits per heavy atom. The summed E-state index contributed by atoms with van der Waals surface area (Å²) < 4.78 is 67.4. The molecule has 0 bridgehead atoms. The van der Waals surface area contributed by atoms with Crippen molar-refractivity contribution in [2.45, 2.75) is 26.1 Å². The van der Waals surface area contributed by atoms with Gasteiger partial charge in [0.05, 0.1) is 11.0 Å². The maximum atomic E-state index is 15.0. The number of ether oxygens (including phenoxy) is 2. The van der Waals surface area contributed by atoms with Crippen LogP contribution >= 0.6 is 11.3 Å². The van der Waals surface area contributed by atoms with Gasteiger partial charge in [-0.05, 0) is 43.2 Å². The zero-order valence-corrected chi connectivity index (χ0v) is 21.3. The van der Waals surface area contributed by atoms with Crippen molar-refractivity contribution in [3.8, 4) is 22.6 Å². The average Bonchev–Trinajstić information content (AvgIpc) is 3.48. The number of hydrogen-bond donors (Lipinski definition) is 1. The molecule has 0 amide bonds. The first kappa shape index (κ1) is 26.2. The van der Waals surface area contributed by atoms with E-state index in [4.69, 9.17) is 9.47 Å². The van der Waals surface area contributed by atoms with Crippen molar-refractivity contribution in [1.82, 2.24) is 4.90 Å². The summed E-state index contributed by atoms with van der Waals surface area (Å²) in [6, 6.07) is 12.5. The van der Waals surface area contributed by atoms with Gasteiger partial charge in [0.25, 0.3) is 0 Å². The van der Waals surface area contributed by atoms with E-state index >= 15 is 0 Å². The van der Waals surface area contributed by atoms with E-state index in [0.717, 1.165) is 5.57 Å². The van der Waals surface area contributed by atoms with Gasteiger partial charge in [0.2, 0.25) is 0 Å². The van der Waals surface area contributed by atoms with Crippen molar-refractivity contribution >= 4 is 23.4 Å². The fourth-order valence-electron chi connectivity index (χ4n) is 4.78. The van der Waals surface area contributed by atoms with Crippen molar-refractivity contribution in [2.75, 3.05) is 26.2 Å². The molecule has 5 nitrogen and oxygen atoms in total. The molecule has 0 radical (unpaired) electrons. The largest absolute Gasteiger partial charge is 0.488 e. The van der Waals surface area contributed by atoms with Crippen molar-refractivity contribution in [3.05, 3.63) is 75.2 Å². The van der Waals surface area contributed by atoms with Crippen LogP contribution in [0.25, 0.3) is 17.2 Å². The summed E-state index contributed by atoms with van der Waals surface area (Å²) in [4.78, 5) is 13.2. The number of hydrogen-bond acceptors (Lipinski definition) is 5. The van der Waals surface area contributed by atoms with E-state index in [1.807, 2.05) is 4.90 Å². The lowest BCUT2D eigenvalue weighted by Gasteiger charge is -2.24. The normalized spacial score (nSPS) is 19.6. The predicted molar refractivity (Wildman–Crippen MR) is 136 cm³/mol. The van der Waals surface area contributed by atoms with Crippen molar-refractivity contribution < 1.29 is 36.9 Å². The lowest BCUT2D eigenvalue weighted by molar-refractivity contribution is -0.147. The van der Waals surface area contributed by atoms with E-state index in [1.54, 1.807) is 43.3 Å². The first-order valence-corrected chi connectivity index (χ1v) is 12.8. The second-order valence-electron chi connectivity index (χ2n) is 9.84. The molecular weight excluding hydrogens is 522 g/mol. The molecule has 1 fully saturated rings. The van der Waals surface area contributed by atoms with E-state index in [9.17, 15) is 27.5 Å². The van der Waals surface area contributed by atoms with Crippen LogP contribution in [-0.2, 0) is 17.6 Å². The van der Waals surface area contributed by atoms with Gasteiger partial charge in [-0.15, -0.1) is 11.3 Å². The first-order chi connectivity index (χ1) is 18.0. The fraction of sp³-hybridized carbons (Fsp3) is 0.321. The third kappa shape index (κ3) is 5.42. The van der Waals surface area contributed by atoms with Gasteiger partial charge in [-0.25, -0.2) is 4.39 Å². The molecule has 2 aromatic carbocycles. The summed E-state index contributed by atoms with van der Waals surface area (Å²) in [5.41, 5.74) is 0.837. The molecule has 38 heavy (non-hydrogen) atoms. The number of fused-ring (bicyclic) bond motifs is 1. The minimum Gasteiger partial charge on any atom is -0.488 e. The molecule has 0 saturated carbocycles. The summed E-state index contributed by atoms with van der Waals surface area (Å²) in [6.45, 7) is 3.30. The van der Waals surface area contributed by atoms with Crippen LogP contribution in [0.15, 0.2) is 54.1 Å².